The van der Waals surface area contributed by atoms with Crippen LogP contribution in [0.5, 0.6) is 0 Å². The van der Waals surface area contributed by atoms with Gasteiger partial charge in [0.05, 0.1) is 6.04 Å². The summed E-state index contributed by atoms with van der Waals surface area (Å²) in [5.41, 5.74) is 0. The minimum absolute atomic E-state index is 0.0908. The van der Waals surface area contributed by atoms with Crippen LogP contribution in [0.4, 0.5) is 0 Å². The Balaban J connectivity index is 3.29. The molecule has 0 atom stereocenters. The molecule has 0 aliphatic rings. The summed E-state index contributed by atoms with van der Waals surface area (Å²) in [4.78, 5) is 11.0. The smallest absolute Gasteiger partial charge is 0.0919 e. The lowest BCUT2D eigenvalue weighted by Gasteiger charge is -2.09. The summed E-state index contributed by atoms with van der Waals surface area (Å²) in [6.45, 7) is 4.55. The molecule has 162 valence electrons. The van der Waals surface area contributed by atoms with Crippen LogP contribution in [0.25, 0.3) is 0 Å². The first kappa shape index (κ1) is 26.6. The number of hydrogen-bond acceptors (Lipinski definition) is 2. The Morgan fingerprint density at radius 2 is 0.704 bits per heavy atom. The highest BCUT2D eigenvalue weighted by Gasteiger charge is 2.08. The zero-order chi connectivity index (χ0) is 19.8. The van der Waals surface area contributed by atoms with Gasteiger partial charge in [-0.05, 0) is 12.8 Å². The number of rotatable bonds is 23. The molecular formula is C25H51NO. The molecule has 27 heavy (non-hydrogen) atoms. The van der Waals surface area contributed by atoms with E-state index >= 15 is 0 Å². The molecule has 2 nitrogen and oxygen atoms in total. The quantitative estimate of drug-likeness (QED) is 0.128. The molecule has 0 aromatic rings. The number of nitrogens with zero attached hydrogens (tertiary/aromatic N) is 1. The molecule has 0 spiro atoms. The lowest BCUT2D eigenvalue weighted by Crippen LogP contribution is -2.03. The van der Waals surface area contributed by atoms with Gasteiger partial charge in [-0.3, -0.25) is 0 Å². The van der Waals surface area contributed by atoms with Crippen LogP contribution in [0.2, 0.25) is 0 Å². The monoisotopic (exact) mass is 381 g/mol. The fourth-order valence-electron chi connectivity index (χ4n) is 3.98. The molecule has 0 aromatic heterocycles. The van der Waals surface area contributed by atoms with Gasteiger partial charge in [0.15, 0.2) is 0 Å². The molecule has 0 rings (SSSR count). The number of unbranched alkanes of at least 4 members (excludes halogenated alkanes) is 18. The standard InChI is InChI=1S/C25H51NO/c1-3-5-7-9-11-13-15-17-19-21-23-25(26-27)24-22-20-18-16-14-12-10-8-6-4-2/h25H,3-24H2,1-2H3. The van der Waals surface area contributed by atoms with Crippen LogP contribution in [0, 0.1) is 4.91 Å². The van der Waals surface area contributed by atoms with Gasteiger partial charge < -0.3 is 0 Å². The Hall–Kier alpha value is -0.400. The summed E-state index contributed by atoms with van der Waals surface area (Å²) in [5, 5.41) is 3.39. The molecule has 0 fully saturated rings. The molecule has 0 aliphatic carbocycles. The van der Waals surface area contributed by atoms with Crippen LogP contribution >= 0.6 is 0 Å². The van der Waals surface area contributed by atoms with Crippen molar-refractivity contribution in [1.82, 2.24) is 0 Å². The van der Waals surface area contributed by atoms with Gasteiger partial charge in [-0.2, -0.15) is 4.91 Å². The third-order valence-electron chi connectivity index (χ3n) is 5.93. The molecule has 0 aliphatic heterocycles. The van der Waals surface area contributed by atoms with Crippen molar-refractivity contribution in [2.45, 2.75) is 161 Å². The van der Waals surface area contributed by atoms with Crippen molar-refractivity contribution < 1.29 is 0 Å². The Bertz CT molecular complexity index is 255. The van der Waals surface area contributed by atoms with E-state index < -0.39 is 0 Å². The first-order valence-electron chi connectivity index (χ1n) is 12.7. The highest BCUT2D eigenvalue weighted by molar-refractivity contribution is 4.66. The van der Waals surface area contributed by atoms with E-state index in [4.69, 9.17) is 0 Å². The highest BCUT2D eigenvalue weighted by Crippen LogP contribution is 2.17. The van der Waals surface area contributed by atoms with Crippen molar-refractivity contribution in [1.29, 1.82) is 0 Å². The second-order valence-corrected chi connectivity index (χ2v) is 8.70. The van der Waals surface area contributed by atoms with Gasteiger partial charge >= 0.3 is 0 Å². The third kappa shape index (κ3) is 21.8. The Labute approximate surface area is 171 Å². The van der Waals surface area contributed by atoms with Gasteiger partial charge in [0.25, 0.3) is 0 Å². The first-order valence-corrected chi connectivity index (χ1v) is 12.7. The SMILES string of the molecule is CCCCCCCCCCCCC(CCCCCCCCCCCC)N=O. The predicted octanol–water partition coefficient (Wildman–Crippen LogP) is 9.74. The number of nitroso groups, excluding NO2 is 1. The molecular weight excluding hydrogens is 330 g/mol. The molecule has 0 amide bonds. The van der Waals surface area contributed by atoms with Crippen LogP contribution in [-0.4, -0.2) is 6.04 Å². The second-order valence-electron chi connectivity index (χ2n) is 8.70. The van der Waals surface area contributed by atoms with E-state index in [1.165, 1.54) is 128 Å². The molecule has 2 heteroatoms. The summed E-state index contributed by atoms with van der Waals surface area (Å²) >= 11 is 0. The zero-order valence-electron chi connectivity index (χ0n) is 19.0. The van der Waals surface area contributed by atoms with Gasteiger partial charge in [0, 0.05) is 0 Å². The van der Waals surface area contributed by atoms with Gasteiger partial charge in [-0.25, -0.2) is 0 Å². The number of hydrogen-bond donors (Lipinski definition) is 0. The molecule has 0 heterocycles. The Morgan fingerprint density at radius 1 is 0.444 bits per heavy atom. The van der Waals surface area contributed by atoms with Crippen molar-refractivity contribution >= 4 is 0 Å². The summed E-state index contributed by atoms with van der Waals surface area (Å²) in [5.74, 6) is 0. The highest BCUT2D eigenvalue weighted by atomic mass is 16.3. The van der Waals surface area contributed by atoms with Gasteiger partial charge in [-0.1, -0.05) is 147 Å². The Kier molecular flexibility index (Phi) is 23.3. The maximum absolute atomic E-state index is 11.0. The van der Waals surface area contributed by atoms with Crippen molar-refractivity contribution in [2.75, 3.05) is 0 Å². The van der Waals surface area contributed by atoms with E-state index in [1.807, 2.05) is 0 Å². The van der Waals surface area contributed by atoms with Crippen LogP contribution in [0.3, 0.4) is 0 Å². The molecule has 0 unspecified atom stereocenters. The van der Waals surface area contributed by atoms with E-state index in [-0.39, 0.29) is 6.04 Å². The molecule has 0 bridgehead atoms. The minimum Gasteiger partial charge on any atom is -0.151 e. The molecule has 0 N–H and O–H groups in total. The van der Waals surface area contributed by atoms with Gasteiger partial charge in [0.2, 0.25) is 0 Å². The van der Waals surface area contributed by atoms with Crippen LogP contribution in [-0.2, 0) is 0 Å². The first-order chi connectivity index (χ1) is 13.3. The summed E-state index contributed by atoms with van der Waals surface area (Å²) in [6, 6.07) is 0.0908. The van der Waals surface area contributed by atoms with Crippen molar-refractivity contribution in [3.8, 4) is 0 Å². The lowest BCUT2D eigenvalue weighted by molar-refractivity contribution is 0.478. The minimum atomic E-state index is 0.0908. The topological polar surface area (TPSA) is 29.4 Å². The maximum Gasteiger partial charge on any atom is 0.0919 e. The lowest BCUT2D eigenvalue weighted by atomic mass is 10.00. The van der Waals surface area contributed by atoms with Crippen LogP contribution in [0.15, 0.2) is 5.18 Å². The van der Waals surface area contributed by atoms with Crippen molar-refractivity contribution in [3.63, 3.8) is 0 Å². The Morgan fingerprint density at radius 3 is 0.963 bits per heavy atom. The second kappa shape index (κ2) is 23.6. The summed E-state index contributed by atoms with van der Waals surface area (Å²) in [6.07, 6.45) is 29.3. The maximum atomic E-state index is 11.0. The van der Waals surface area contributed by atoms with E-state index in [0.717, 1.165) is 12.8 Å². The van der Waals surface area contributed by atoms with E-state index in [1.54, 1.807) is 0 Å². The van der Waals surface area contributed by atoms with Crippen molar-refractivity contribution in [2.24, 2.45) is 5.18 Å². The van der Waals surface area contributed by atoms with Gasteiger partial charge in [0.1, 0.15) is 0 Å². The predicted molar refractivity (Wildman–Crippen MR) is 123 cm³/mol. The van der Waals surface area contributed by atoms with Gasteiger partial charge in [-0.15, -0.1) is 0 Å². The van der Waals surface area contributed by atoms with Crippen LogP contribution in [0.1, 0.15) is 155 Å². The van der Waals surface area contributed by atoms with E-state index in [2.05, 4.69) is 19.0 Å². The molecule has 0 aromatic carbocycles. The van der Waals surface area contributed by atoms with E-state index in [9.17, 15) is 4.91 Å². The summed E-state index contributed by atoms with van der Waals surface area (Å²) in [7, 11) is 0. The molecule has 0 saturated heterocycles. The van der Waals surface area contributed by atoms with E-state index in [0.29, 0.717) is 0 Å². The molecule has 0 saturated carbocycles. The fraction of sp³-hybridized carbons (Fsp3) is 1.00. The van der Waals surface area contributed by atoms with Crippen molar-refractivity contribution in [3.05, 3.63) is 4.91 Å². The fourth-order valence-corrected chi connectivity index (χ4v) is 3.98. The third-order valence-corrected chi connectivity index (χ3v) is 5.93. The normalized spacial score (nSPS) is 11.4. The molecule has 0 radical (unpaired) electrons. The average Bonchev–Trinajstić information content (AvgIpc) is 2.69. The van der Waals surface area contributed by atoms with Crippen LogP contribution < -0.4 is 0 Å². The summed E-state index contributed by atoms with van der Waals surface area (Å²) < 4.78 is 0. The largest absolute Gasteiger partial charge is 0.151 e. The average molecular weight is 382 g/mol. The zero-order valence-corrected chi connectivity index (χ0v) is 19.0.